The van der Waals surface area contributed by atoms with Crippen LogP contribution < -0.4 is 29.9 Å². The van der Waals surface area contributed by atoms with E-state index in [0.29, 0.717) is 65.1 Å². The molecule has 0 bridgehead atoms. The molecule has 0 aliphatic carbocycles. The number of rotatable bonds is 14. The van der Waals surface area contributed by atoms with Crippen molar-refractivity contribution in [1.82, 2.24) is 30.2 Å². The summed E-state index contributed by atoms with van der Waals surface area (Å²) in [6.45, 7) is 4.20. The van der Waals surface area contributed by atoms with Crippen molar-refractivity contribution in [1.29, 1.82) is 0 Å². The van der Waals surface area contributed by atoms with Gasteiger partial charge in [-0.05, 0) is 92.3 Å². The minimum atomic E-state index is 0.242. The monoisotopic (exact) mass is 730 g/mol. The van der Waals surface area contributed by atoms with E-state index in [4.69, 9.17) is 28.5 Å². The molecule has 0 saturated carbocycles. The Morgan fingerprint density at radius 2 is 1.24 bits per heavy atom. The molecule has 1 atom stereocenters. The lowest BCUT2D eigenvalue weighted by Gasteiger charge is -2.31. The van der Waals surface area contributed by atoms with Crippen LogP contribution in [0.2, 0.25) is 0 Å². The first-order chi connectivity index (χ1) is 26.6. The lowest BCUT2D eigenvalue weighted by Crippen LogP contribution is -2.35. The number of methoxy groups -OCH3 is 1. The molecule has 15 nitrogen and oxygen atoms in total. The Bertz CT molecular complexity index is 2120. The Labute approximate surface area is 312 Å². The van der Waals surface area contributed by atoms with Crippen molar-refractivity contribution in [2.45, 2.75) is 25.7 Å². The molecule has 54 heavy (non-hydrogen) atoms. The molecule has 6 heterocycles. The highest BCUT2D eigenvalue weighted by Gasteiger charge is 2.26. The van der Waals surface area contributed by atoms with E-state index in [1.807, 2.05) is 66.7 Å². The zero-order valence-corrected chi connectivity index (χ0v) is 30.0. The minimum absolute atomic E-state index is 0.242. The number of aromatic nitrogens is 6. The molecule has 6 aromatic rings. The molecule has 2 aromatic carbocycles. The van der Waals surface area contributed by atoms with Crippen molar-refractivity contribution in [3.8, 4) is 34.0 Å². The number of aliphatic hydroxyl groups excluding tert-OH is 1. The normalized spacial score (nSPS) is 16.1. The van der Waals surface area contributed by atoms with Crippen LogP contribution in [-0.4, -0.2) is 81.9 Å². The highest BCUT2D eigenvalue weighted by molar-refractivity contribution is 5.66. The first-order valence-electron chi connectivity index (χ1n) is 18.2. The number of piperidine rings is 1. The Morgan fingerprint density at radius 3 is 1.81 bits per heavy atom. The van der Waals surface area contributed by atoms with Crippen LogP contribution in [0.5, 0.6) is 11.5 Å². The Hall–Kier alpha value is -6.22. The average Bonchev–Trinajstić information content (AvgIpc) is 4.01. The van der Waals surface area contributed by atoms with Gasteiger partial charge in [0, 0.05) is 74.4 Å². The van der Waals surface area contributed by atoms with Crippen LogP contribution in [0.15, 0.2) is 94.2 Å². The molecule has 0 amide bonds. The summed E-state index contributed by atoms with van der Waals surface area (Å²) in [6.07, 6.45) is 7.36. The van der Waals surface area contributed by atoms with E-state index >= 15 is 0 Å². The SMILES string of the molecule is COc1ccc(-c2cc(Nc3ccnc(N4CCC(COc5ccc(-c6cc(Nc7ccnc(N8CCC(CCO)CC8)n7)on6)cc5)C4)n3)on2)cc1. The van der Waals surface area contributed by atoms with Gasteiger partial charge in [0.15, 0.2) is 0 Å². The van der Waals surface area contributed by atoms with Gasteiger partial charge in [-0.1, -0.05) is 10.3 Å². The zero-order chi connectivity index (χ0) is 36.7. The highest BCUT2D eigenvalue weighted by Crippen LogP contribution is 2.30. The number of benzene rings is 2. The van der Waals surface area contributed by atoms with E-state index in [-0.39, 0.29) is 6.61 Å². The molecule has 2 aliphatic rings. The topological polar surface area (TPSA) is 173 Å². The van der Waals surface area contributed by atoms with Gasteiger partial charge in [-0.3, -0.25) is 0 Å². The van der Waals surface area contributed by atoms with Gasteiger partial charge in [-0.25, -0.2) is 9.97 Å². The fourth-order valence-electron chi connectivity index (χ4n) is 6.79. The van der Waals surface area contributed by atoms with Crippen LogP contribution in [0.3, 0.4) is 0 Å². The molecule has 0 spiro atoms. The van der Waals surface area contributed by atoms with Crippen molar-refractivity contribution in [2.24, 2.45) is 11.8 Å². The van der Waals surface area contributed by atoms with Crippen molar-refractivity contribution in [3.05, 3.63) is 85.2 Å². The molecule has 2 fully saturated rings. The summed E-state index contributed by atoms with van der Waals surface area (Å²) in [4.78, 5) is 22.8. The highest BCUT2D eigenvalue weighted by atomic mass is 16.5. The van der Waals surface area contributed by atoms with E-state index in [0.717, 1.165) is 74.5 Å². The number of anilines is 6. The number of hydrogen-bond donors (Lipinski definition) is 3. The van der Waals surface area contributed by atoms with Gasteiger partial charge in [0.25, 0.3) is 0 Å². The smallest absolute Gasteiger partial charge is 0.230 e. The quantitative estimate of drug-likeness (QED) is 0.110. The van der Waals surface area contributed by atoms with E-state index in [1.165, 1.54) is 0 Å². The van der Waals surface area contributed by atoms with Gasteiger partial charge in [-0.2, -0.15) is 9.97 Å². The van der Waals surface area contributed by atoms with Crippen LogP contribution in [-0.2, 0) is 0 Å². The molecule has 15 heteroatoms. The van der Waals surface area contributed by atoms with Gasteiger partial charge in [-0.15, -0.1) is 0 Å². The second-order valence-corrected chi connectivity index (χ2v) is 13.5. The van der Waals surface area contributed by atoms with E-state index in [2.05, 4.69) is 40.7 Å². The van der Waals surface area contributed by atoms with Crippen LogP contribution in [0.1, 0.15) is 25.7 Å². The Morgan fingerprint density at radius 1 is 0.704 bits per heavy atom. The summed E-state index contributed by atoms with van der Waals surface area (Å²) in [5.74, 6) is 6.03. The Kier molecular flexibility index (Phi) is 10.5. The summed E-state index contributed by atoms with van der Waals surface area (Å²) in [6, 6.07) is 22.8. The van der Waals surface area contributed by atoms with Crippen molar-refractivity contribution < 1.29 is 23.6 Å². The molecule has 2 aliphatic heterocycles. The molecule has 2 saturated heterocycles. The molecular formula is C39H42N10O5. The molecule has 278 valence electrons. The van der Waals surface area contributed by atoms with Crippen molar-refractivity contribution in [3.63, 3.8) is 0 Å². The van der Waals surface area contributed by atoms with Crippen molar-refractivity contribution in [2.75, 3.05) is 66.9 Å². The number of aliphatic hydroxyl groups is 1. The minimum Gasteiger partial charge on any atom is -0.497 e. The third kappa shape index (κ3) is 8.36. The molecule has 0 radical (unpaired) electrons. The first-order valence-corrected chi connectivity index (χ1v) is 18.2. The van der Waals surface area contributed by atoms with Gasteiger partial charge < -0.3 is 44.1 Å². The third-order valence-corrected chi connectivity index (χ3v) is 9.83. The maximum absolute atomic E-state index is 9.25. The molecule has 4 aromatic heterocycles. The van der Waals surface area contributed by atoms with Crippen LogP contribution in [0.25, 0.3) is 22.5 Å². The summed E-state index contributed by atoms with van der Waals surface area (Å²) < 4.78 is 22.5. The molecule has 1 unspecified atom stereocenters. The van der Waals surface area contributed by atoms with Gasteiger partial charge in [0.05, 0.1) is 13.7 Å². The van der Waals surface area contributed by atoms with Crippen molar-refractivity contribution >= 4 is 35.3 Å². The summed E-state index contributed by atoms with van der Waals surface area (Å²) in [7, 11) is 1.64. The third-order valence-electron chi connectivity index (χ3n) is 9.83. The number of nitrogens with zero attached hydrogens (tertiary/aromatic N) is 8. The second-order valence-electron chi connectivity index (χ2n) is 13.5. The van der Waals surface area contributed by atoms with Gasteiger partial charge in [0.2, 0.25) is 23.7 Å². The maximum Gasteiger partial charge on any atom is 0.230 e. The van der Waals surface area contributed by atoms with E-state index < -0.39 is 0 Å². The molecular weight excluding hydrogens is 688 g/mol. The van der Waals surface area contributed by atoms with E-state index in [9.17, 15) is 5.11 Å². The van der Waals surface area contributed by atoms with Gasteiger partial charge in [0.1, 0.15) is 34.5 Å². The fraction of sp³-hybridized carbons (Fsp3) is 0.333. The zero-order valence-electron chi connectivity index (χ0n) is 30.0. The fourth-order valence-corrected chi connectivity index (χ4v) is 6.79. The molecule has 3 N–H and O–H groups in total. The predicted molar refractivity (Wildman–Crippen MR) is 204 cm³/mol. The first kappa shape index (κ1) is 34.8. The largest absolute Gasteiger partial charge is 0.497 e. The lowest BCUT2D eigenvalue weighted by atomic mass is 9.94. The number of hydrogen-bond acceptors (Lipinski definition) is 15. The maximum atomic E-state index is 9.25. The average molecular weight is 731 g/mol. The van der Waals surface area contributed by atoms with Crippen LogP contribution >= 0.6 is 0 Å². The second kappa shape index (κ2) is 16.2. The number of ether oxygens (including phenoxy) is 2. The molecule has 8 rings (SSSR count). The summed E-state index contributed by atoms with van der Waals surface area (Å²) in [5, 5.41) is 24.1. The Balaban J connectivity index is 0.806. The lowest BCUT2D eigenvalue weighted by molar-refractivity contribution is 0.240. The summed E-state index contributed by atoms with van der Waals surface area (Å²) in [5.41, 5.74) is 3.25. The van der Waals surface area contributed by atoms with Gasteiger partial charge >= 0.3 is 0 Å². The predicted octanol–water partition coefficient (Wildman–Crippen LogP) is 6.58. The summed E-state index contributed by atoms with van der Waals surface area (Å²) >= 11 is 0. The number of nitrogens with one attached hydrogen (secondary N) is 2. The van der Waals surface area contributed by atoms with E-state index in [1.54, 1.807) is 25.6 Å². The van der Waals surface area contributed by atoms with Crippen LogP contribution in [0, 0.1) is 11.8 Å². The van der Waals surface area contributed by atoms with Crippen LogP contribution in [0.4, 0.5) is 35.3 Å². The standard InChI is InChI=1S/C39H42N10O5/c1-51-30-6-2-28(3-7-30)32-22-37(54-46-32)43-35-11-17-41-39(45-35)49-20-14-27(24-49)25-52-31-8-4-29(5-9-31)33-23-36(53-47-33)42-34-10-16-40-38(44-34)48-18-12-26(13-19-48)15-21-50/h2-11,16-17,22-23,26-27,50H,12-15,18-21,24-25H2,1H3,(H,40,42,44)(H,41,43,45).